The highest BCUT2D eigenvalue weighted by Gasteiger charge is 2.14. The van der Waals surface area contributed by atoms with Crippen LogP contribution in [0.25, 0.3) is 0 Å². The summed E-state index contributed by atoms with van der Waals surface area (Å²) in [6, 6.07) is 7.43. The lowest BCUT2D eigenvalue weighted by atomic mass is 9.99. The van der Waals surface area contributed by atoms with Crippen molar-refractivity contribution in [3.63, 3.8) is 0 Å². The highest BCUT2D eigenvalue weighted by atomic mass is 16.4. The highest BCUT2D eigenvalue weighted by Crippen LogP contribution is 2.17. The standard InChI is InChI=1S/C11H12O2/c1-3-10(11(12)13)9-6-4-8(2)5-7-9/h3-7,10H,1H2,2H3,(H,12,13)/t10-/m1/s1. The summed E-state index contributed by atoms with van der Waals surface area (Å²) in [4.78, 5) is 10.7. The predicted molar refractivity (Wildman–Crippen MR) is 51.8 cm³/mol. The molecule has 0 aliphatic rings. The van der Waals surface area contributed by atoms with Crippen molar-refractivity contribution < 1.29 is 9.90 Å². The average molecular weight is 176 g/mol. The number of rotatable bonds is 3. The van der Waals surface area contributed by atoms with Gasteiger partial charge in [0.25, 0.3) is 0 Å². The summed E-state index contributed by atoms with van der Waals surface area (Å²) in [6.07, 6.45) is 1.44. The van der Waals surface area contributed by atoms with Crippen LogP contribution < -0.4 is 0 Å². The monoisotopic (exact) mass is 176 g/mol. The van der Waals surface area contributed by atoms with E-state index in [1.165, 1.54) is 6.08 Å². The number of aryl methyl sites for hydroxylation is 1. The molecule has 1 N–H and O–H groups in total. The quantitative estimate of drug-likeness (QED) is 0.718. The van der Waals surface area contributed by atoms with Crippen molar-refractivity contribution in [2.45, 2.75) is 12.8 Å². The van der Waals surface area contributed by atoms with Gasteiger partial charge in [-0.2, -0.15) is 0 Å². The van der Waals surface area contributed by atoms with Crippen LogP contribution in [0.2, 0.25) is 0 Å². The maximum atomic E-state index is 10.7. The molecule has 0 aliphatic carbocycles. The van der Waals surface area contributed by atoms with Crippen LogP contribution in [0.5, 0.6) is 0 Å². The summed E-state index contributed by atoms with van der Waals surface area (Å²) < 4.78 is 0. The average Bonchev–Trinajstić information content (AvgIpc) is 2.09. The number of carbonyl (C=O) groups is 1. The minimum absolute atomic E-state index is 0.597. The fraction of sp³-hybridized carbons (Fsp3) is 0.182. The molecule has 0 fully saturated rings. The molecular formula is C11H12O2. The molecule has 2 nitrogen and oxygen atoms in total. The number of aliphatic carboxylic acids is 1. The van der Waals surface area contributed by atoms with Crippen LogP contribution in [0.3, 0.4) is 0 Å². The third kappa shape index (κ3) is 2.18. The second kappa shape index (κ2) is 3.90. The molecule has 13 heavy (non-hydrogen) atoms. The molecule has 0 bridgehead atoms. The molecule has 0 heterocycles. The Morgan fingerprint density at radius 1 is 1.46 bits per heavy atom. The molecule has 0 radical (unpaired) electrons. The summed E-state index contributed by atoms with van der Waals surface area (Å²) in [5, 5.41) is 8.82. The summed E-state index contributed by atoms with van der Waals surface area (Å²) in [5.41, 5.74) is 1.89. The lowest BCUT2D eigenvalue weighted by Crippen LogP contribution is -2.08. The van der Waals surface area contributed by atoms with Crippen LogP contribution >= 0.6 is 0 Å². The number of carboxylic acid groups (broad SMARTS) is 1. The van der Waals surface area contributed by atoms with Crippen LogP contribution in [0.4, 0.5) is 0 Å². The Balaban J connectivity index is 2.99. The van der Waals surface area contributed by atoms with Crippen molar-refractivity contribution in [2.24, 2.45) is 0 Å². The molecule has 1 atom stereocenters. The Bertz CT molecular complexity index is 311. The summed E-state index contributed by atoms with van der Waals surface area (Å²) in [6.45, 7) is 5.47. The fourth-order valence-electron chi connectivity index (χ4n) is 1.15. The van der Waals surface area contributed by atoms with Gasteiger partial charge in [-0.05, 0) is 12.5 Å². The minimum atomic E-state index is -0.862. The molecule has 0 unspecified atom stereocenters. The Kier molecular flexibility index (Phi) is 2.85. The molecule has 0 amide bonds. The van der Waals surface area contributed by atoms with Gasteiger partial charge >= 0.3 is 5.97 Å². The molecule has 68 valence electrons. The SMILES string of the molecule is C=C[C@@H](C(=O)O)c1ccc(C)cc1. The molecular weight excluding hydrogens is 164 g/mol. The normalized spacial score (nSPS) is 12.1. The van der Waals surface area contributed by atoms with Gasteiger partial charge in [0, 0.05) is 0 Å². The van der Waals surface area contributed by atoms with Gasteiger partial charge in [-0.3, -0.25) is 4.79 Å². The van der Waals surface area contributed by atoms with Crippen molar-refractivity contribution in [1.29, 1.82) is 0 Å². The Morgan fingerprint density at radius 2 is 2.00 bits per heavy atom. The third-order valence-electron chi connectivity index (χ3n) is 1.94. The van der Waals surface area contributed by atoms with Crippen molar-refractivity contribution in [3.05, 3.63) is 48.0 Å². The maximum Gasteiger partial charge on any atom is 0.314 e. The topological polar surface area (TPSA) is 37.3 Å². The Hall–Kier alpha value is -1.57. The molecule has 0 saturated carbocycles. The first-order valence-corrected chi connectivity index (χ1v) is 4.07. The molecule has 0 spiro atoms. The summed E-state index contributed by atoms with van der Waals surface area (Å²) in [7, 11) is 0. The van der Waals surface area contributed by atoms with E-state index >= 15 is 0 Å². The van der Waals surface area contributed by atoms with Crippen LogP contribution in [-0.4, -0.2) is 11.1 Å². The van der Waals surface area contributed by atoms with E-state index in [9.17, 15) is 4.79 Å². The largest absolute Gasteiger partial charge is 0.481 e. The van der Waals surface area contributed by atoms with Crippen molar-refractivity contribution in [1.82, 2.24) is 0 Å². The second-order valence-electron chi connectivity index (χ2n) is 2.96. The molecule has 2 heteroatoms. The van der Waals surface area contributed by atoms with Crippen LogP contribution in [0.15, 0.2) is 36.9 Å². The molecule has 0 aliphatic heterocycles. The van der Waals surface area contributed by atoms with E-state index in [4.69, 9.17) is 5.11 Å². The van der Waals surface area contributed by atoms with Crippen LogP contribution in [0, 0.1) is 6.92 Å². The van der Waals surface area contributed by atoms with E-state index in [2.05, 4.69) is 6.58 Å². The molecule has 1 rings (SSSR count). The van der Waals surface area contributed by atoms with E-state index in [1.54, 1.807) is 0 Å². The van der Waals surface area contributed by atoms with Gasteiger partial charge in [-0.1, -0.05) is 35.9 Å². The molecule has 1 aromatic rings. The van der Waals surface area contributed by atoms with Gasteiger partial charge in [0.1, 0.15) is 0 Å². The van der Waals surface area contributed by atoms with Gasteiger partial charge in [0.15, 0.2) is 0 Å². The number of benzene rings is 1. The van der Waals surface area contributed by atoms with Crippen molar-refractivity contribution in [3.8, 4) is 0 Å². The molecule has 1 aromatic carbocycles. The zero-order chi connectivity index (χ0) is 9.84. The van der Waals surface area contributed by atoms with Gasteiger partial charge in [0.05, 0.1) is 5.92 Å². The van der Waals surface area contributed by atoms with Crippen molar-refractivity contribution >= 4 is 5.97 Å². The van der Waals surface area contributed by atoms with Gasteiger partial charge in [-0.15, -0.1) is 6.58 Å². The number of hydrogen-bond donors (Lipinski definition) is 1. The van der Waals surface area contributed by atoms with Gasteiger partial charge in [-0.25, -0.2) is 0 Å². The molecule has 0 aromatic heterocycles. The first-order chi connectivity index (χ1) is 6.15. The van der Waals surface area contributed by atoms with E-state index in [-0.39, 0.29) is 0 Å². The smallest absolute Gasteiger partial charge is 0.314 e. The Morgan fingerprint density at radius 3 is 2.38 bits per heavy atom. The van der Waals surface area contributed by atoms with Crippen molar-refractivity contribution in [2.75, 3.05) is 0 Å². The van der Waals surface area contributed by atoms with Gasteiger partial charge in [0.2, 0.25) is 0 Å². The first-order valence-electron chi connectivity index (χ1n) is 4.07. The first kappa shape index (κ1) is 9.52. The van der Waals surface area contributed by atoms with E-state index in [0.29, 0.717) is 0 Å². The van der Waals surface area contributed by atoms with E-state index in [1.807, 2.05) is 31.2 Å². The lowest BCUT2D eigenvalue weighted by molar-refractivity contribution is -0.137. The fourth-order valence-corrected chi connectivity index (χ4v) is 1.15. The van der Waals surface area contributed by atoms with E-state index in [0.717, 1.165) is 11.1 Å². The van der Waals surface area contributed by atoms with Crippen LogP contribution in [-0.2, 0) is 4.79 Å². The second-order valence-corrected chi connectivity index (χ2v) is 2.96. The lowest BCUT2D eigenvalue weighted by Gasteiger charge is -2.06. The Labute approximate surface area is 77.5 Å². The zero-order valence-corrected chi connectivity index (χ0v) is 7.53. The zero-order valence-electron chi connectivity index (χ0n) is 7.53. The van der Waals surface area contributed by atoms with Gasteiger partial charge < -0.3 is 5.11 Å². The summed E-state index contributed by atoms with van der Waals surface area (Å²) >= 11 is 0. The van der Waals surface area contributed by atoms with Crippen LogP contribution in [0.1, 0.15) is 17.0 Å². The summed E-state index contributed by atoms with van der Waals surface area (Å²) in [5.74, 6) is -1.46. The predicted octanol–water partition coefficient (Wildman–Crippen LogP) is 2.35. The van der Waals surface area contributed by atoms with E-state index < -0.39 is 11.9 Å². The highest BCUT2D eigenvalue weighted by molar-refractivity contribution is 5.78. The minimum Gasteiger partial charge on any atom is -0.481 e. The number of hydrogen-bond acceptors (Lipinski definition) is 1. The molecule has 0 saturated heterocycles. The maximum absolute atomic E-state index is 10.7. The third-order valence-corrected chi connectivity index (χ3v) is 1.94. The number of carboxylic acids is 1.